The summed E-state index contributed by atoms with van der Waals surface area (Å²) in [4.78, 5) is 0. The molecule has 0 aromatic heterocycles. The Kier molecular flexibility index (Phi) is 20.7. The van der Waals surface area contributed by atoms with Gasteiger partial charge in [-0.1, -0.05) is 0 Å². The lowest BCUT2D eigenvalue weighted by Gasteiger charge is -2.21. The first-order chi connectivity index (χ1) is 4.93. The average Bonchev–Trinajstić information content (AvgIpc) is 2.10. The Balaban J connectivity index is -0.0000000761. The third kappa shape index (κ3) is 8.29. The van der Waals surface area contributed by atoms with Crippen LogP contribution in [-0.4, -0.2) is 43.4 Å². The summed E-state index contributed by atoms with van der Waals surface area (Å²) in [5.41, 5.74) is 0. The predicted octanol–water partition coefficient (Wildman–Crippen LogP) is -0.900. The van der Waals surface area contributed by atoms with E-state index in [9.17, 15) is 0 Å². The van der Waals surface area contributed by atoms with Crippen molar-refractivity contribution in [3.8, 4) is 0 Å². The molecule has 0 bridgehead atoms. The summed E-state index contributed by atoms with van der Waals surface area (Å²) in [6, 6.07) is 0.774. The monoisotopic (exact) mass is 200 g/mol. The molecule has 0 unspecified atom stereocenters. The van der Waals surface area contributed by atoms with Crippen molar-refractivity contribution in [1.29, 1.82) is 0 Å². The van der Waals surface area contributed by atoms with Crippen LogP contribution in [0.5, 0.6) is 0 Å². The highest BCUT2D eigenvalue weighted by Crippen LogP contribution is 1.99. The molecule has 1 saturated heterocycles. The third-order valence-corrected chi connectivity index (χ3v) is 1.75. The van der Waals surface area contributed by atoms with Gasteiger partial charge in [0.1, 0.15) is 0 Å². The molecule has 1 heterocycles. The van der Waals surface area contributed by atoms with Crippen molar-refractivity contribution < 1.29 is 12.4 Å². The summed E-state index contributed by atoms with van der Waals surface area (Å²) >= 11 is 3.53. The van der Waals surface area contributed by atoms with Gasteiger partial charge in [0, 0.05) is 7.47 Å². The van der Waals surface area contributed by atoms with Gasteiger partial charge in [0.15, 0.2) is 0 Å². The summed E-state index contributed by atoms with van der Waals surface area (Å²) in [5.74, 6) is 0. The highest BCUT2D eigenvalue weighted by Gasteiger charge is 2.08. The first kappa shape index (κ1) is 18.1. The quantitative estimate of drug-likeness (QED) is 0.479. The molecule has 12 heavy (non-hydrogen) atoms. The third-order valence-electron chi connectivity index (χ3n) is 1.75. The van der Waals surface area contributed by atoms with Gasteiger partial charge in [-0.2, -0.15) is 12.6 Å². The summed E-state index contributed by atoms with van der Waals surface area (Å²) in [7, 11) is 2.04. The van der Waals surface area contributed by atoms with E-state index in [0.29, 0.717) is 0 Å². The van der Waals surface area contributed by atoms with Gasteiger partial charge in [0.25, 0.3) is 0 Å². The highest BCUT2D eigenvalue weighted by molar-refractivity contribution is 7.79. The van der Waals surface area contributed by atoms with Gasteiger partial charge in [-0.3, -0.25) is 0 Å². The molecule has 0 spiro atoms. The summed E-state index contributed by atoms with van der Waals surface area (Å²) in [5, 5.41) is 6.57. The van der Waals surface area contributed by atoms with Crippen molar-refractivity contribution in [2.75, 3.05) is 26.4 Å². The lowest BCUT2D eigenvalue weighted by molar-refractivity contribution is 0.409. The van der Waals surface area contributed by atoms with Crippen molar-refractivity contribution >= 4 is 12.6 Å². The predicted molar refractivity (Wildman–Crippen MR) is 59.2 cm³/mol. The van der Waals surface area contributed by atoms with Crippen molar-refractivity contribution in [3.05, 3.63) is 0 Å². The van der Waals surface area contributed by atoms with Crippen LogP contribution in [0.15, 0.2) is 0 Å². The van der Waals surface area contributed by atoms with Gasteiger partial charge in [0.2, 0.25) is 0 Å². The Morgan fingerprint density at radius 3 is 1.92 bits per heavy atom. The van der Waals surface area contributed by atoms with E-state index < -0.39 is 0 Å². The molecular weight excluding hydrogens is 176 g/mol. The Labute approximate surface area is 81.6 Å². The Hall–Kier alpha value is 0.190. The van der Waals surface area contributed by atoms with Crippen molar-refractivity contribution in [2.45, 2.75) is 18.9 Å². The second-order valence-corrected chi connectivity index (χ2v) is 2.31. The molecule has 0 atom stereocenters. The van der Waals surface area contributed by atoms with Crippen LogP contribution in [0.25, 0.3) is 0 Å². The molecule has 5 heteroatoms. The highest BCUT2D eigenvalue weighted by atomic mass is 32.1. The van der Waals surface area contributed by atoms with E-state index in [0.717, 1.165) is 6.04 Å². The molecule has 0 aromatic carbocycles. The molecule has 1 rings (SSSR count). The minimum absolute atomic E-state index is 0. The number of piperidine rings is 1. The summed E-state index contributed by atoms with van der Waals surface area (Å²) in [6.07, 6.45) is 4.27. The van der Waals surface area contributed by atoms with Gasteiger partial charge in [-0.25, -0.2) is 0 Å². The number of hydrogen-bond donors (Lipinski definition) is 3. The normalized spacial score (nSPS) is 16.2. The largest absolute Gasteiger partial charge is 0.412 e. The van der Waals surface area contributed by atoms with Crippen molar-refractivity contribution in [2.24, 2.45) is 0 Å². The molecule has 1 aliphatic rings. The maximum atomic E-state index is 3.53. The Morgan fingerprint density at radius 1 is 1.25 bits per heavy atom. The molecular formula is C7H24N2O2S. The van der Waals surface area contributed by atoms with E-state index in [2.05, 4.69) is 23.3 Å². The van der Waals surface area contributed by atoms with Crippen molar-refractivity contribution in [3.63, 3.8) is 0 Å². The Bertz CT molecular complexity index is 75.5. The molecule has 1 aliphatic heterocycles. The van der Waals surface area contributed by atoms with Gasteiger partial charge >= 0.3 is 0 Å². The zero-order chi connectivity index (χ0) is 7.82. The van der Waals surface area contributed by atoms with Crippen LogP contribution in [0.1, 0.15) is 14.3 Å². The van der Waals surface area contributed by atoms with E-state index in [1.54, 1.807) is 6.26 Å². The standard InChI is InChI=1S/C6H14N2.CH4S.2H2O.H2/c1-7-6-2-4-8-5-3-6;1-2;;;/h6-8H,2-5H2,1H3;2H,1H3;2*1H2;1H. The Morgan fingerprint density at radius 2 is 1.67 bits per heavy atom. The molecule has 0 aromatic rings. The summed E-state index contributed by atoms with van der Waals surface area (Å²) < 4.78 is 0. The molecule has 0 radical (unpaired) electrons. The van der Waals surface area contributed by atoms with Crippen molar-refractivity contribution in [1.82, 2.24) is 10.6 Å². The van der Waals surface area contributed by atoms with Gasteiger partial charge < -0.3 is 21.6 Å². The van der Waals surface area contributed by atoms with E-state index in [1.165, 1.54) is 25.9 Å². The second-order valence-electron chi connectivity index (χ2n) is 2.31. The molecule has 0 saturated carbocycles. The van der Waals surface area contributed by atoms with Crippen LogP contribution in [0.2, 0.25) is 0 Å². The van der Waals surface area contributed by atoms with Crippen LogP contribution in [0.3, 0.4) is 0 Å². The van der Waals surface area contributed by atoms with Crippen LogP contribution in [0, 0.1) is 0 Å². The molecule has 0 amide bonds. The smallest absolute Gasteiger partial charge is 0.00882 e. The molecule has 6 N–H and O–H groups in total. The topological polar surface area (TPSA) is 87.1 Å². The fourth-order valence-electron chi connectivity index (χ4n) is 1.11. The fourth-order valence-corrected chi connectivity index (χ4v) is 1.11. The van der Waals surface area contributed by atoms with Crippen LogP contribution in [0.4, 0.5) is 0 Å². The first-order valence-electron chi connectivity index (χ1n) is 3.76. The van der Waals surface area contributed by atoms with Crippen LogP contribution >= 0.6 is 12.6 Å². The number of rotatable bonds is 1. The van der Waals surface area contributed by atoms with E-state index in [-0.39, 0.29) is 12.4 Å². The molecule has 80 valence electrons. The maximum Gasteiger partial charge on any atom is 0.00882 e. The number of nitrogens with one attached hydrogen (secondary N) is 2. The average molecular weight is 200 g/mol. The SMILES string of the molecule is CNC1CCNCC1.CS.O.O.[HH]. The minimum atomic E-state index is 0. The molecule has 1 fully saturated rings. The molecule has 4 nitrogen and oxygen atoms in total. The van der Waals surface area contributed by atoms with E-state index in [4.69, 9.17) is 0 Å². The van der Waals surface area contributed by atoms with Gasteiger partial charge in [0.05, 0.1) is 0 Å². The summed E-state index contributed by atoms with van der Waals surface area (Å²) in [6.45, 7) is 2.37. The van der Waals surface area contributed by atoms with Crippen LogP contribution in [-0.2, 0) is 0 Å². The van der Waals surface area contributed by atoms with Gasteiger partial charge in [-0.05, 0) is 39.2 Å². The van der Waals surface area contributed by atoms with E-state index >= 15 is 0 Å². The maximum absolute atomic E-state index is 3.53. The number of hydrogen-bond acceptors (Lipinski definition) is 3. The zero-order valence-electron chi connectivity index (χ0n) is 7.85. The number of thiol groups is 1. The van der Waals surface area contributed by atoms with Gasteiger partial charge in [-0.15, -0.1) is 0 Å². The second kappa shape index (κ2) is 13.8. The minimum Gasteiger partial charge on any atom is -0.412 e. The van der Waals surface area contributed by atoms with E-state index in [1.807, 2.05) is 7.05 Å². The first-order valence-corrected chi connectivity index (χ1v) is 4.65. The lowest BCUT2D eigenvalue weighted by atomic mass is 10.1. The zero-order valence-corrected chi connectivity index (χ0v) is 8.75. The van der Waals surface area contributed by atoms with Crippen LogP contribution < -0.4 is 10.6 Å². The molecule has 0 aliphatic carbocycles. The lowest BCUT2D eigenvalue weighted by Crippen LogP contribution is -2.37. The fraction of sp³-hybridized carbons (Fsp3) is 1.00.